The first-order valence-electron chi connectivity index (χ1n) is 9.21. The van der Waals surface area contributed by atoms with E-state index in [1.54, 1.807) is 6.20 Å². The molecule has 0 fully saturated rings. The lowest BCUT2D eigenvalue weighted by Gasteiger charge is -2.07. The third-order valence-corrected chi connectivity index (χ3v) is 5.12. The Hall–Kier alpha value is -3.11. The van der Waals surface area contributed by atoms with Crippen LogP contribution in [0.3, 0.4) is 0 Å². The van der Waals surface area contributed by atoms with Crippen molar-refractivity contribution in [2.24, 2.45) is 0 Å². The van der Waals surface area contributed by atoms with Crippen LogP contribution in [0.5, 0.6) is 0 Å². The summed E-state index contributed by atoms with van der Waals surface area (Å²) in [5.41, 5.74) is 3.81. The number of hydrogen-bond acceptors (Lipinski definition) is 2. The maximum absolute atomic E-state index is 12.8. The molecule has 1 amide bonds. The molecule has 2 aromatic carbocycles. The van der Waals surface area contributed by atoms with Crippen LogP contribution < -0.4 is 5.32 Å². The highest BCUT2D eigenvalue weighted by molar-refractivity contribution is 6.31. The number of aromatic nitrogens is 2. The van der Waals surface area contributed by atoms with Crippen LogP contribution in [-0.2, 0) is 13.0 Å². The van der Waals surface area contributed by atoms with Gasteiger partial charge in [-0.25, -0.2) is 0 Å². The van der Waals surface area contributed by atoms with Crippen molar-refractivity contribution in [2.45, 2.75) is 13.0 Å². The molecule has 0 bridgehead atoms. The van der Waals surface area contributed by atoms with Crippen LogP contribution >= 0.6 is 11.6 Å². The minimum absolute atomic E-state index is 0.0713. The van der Waals surface area contributed by atoms with E-state index in [1.807, 2.05) is 73.1 Å². The Kier molecular flexibility index (Phi) is 5.40. The molecule has 1 N–H and O–H groups in total. The molecule has 0 radical (unpaired) electrons. The third-order valence-electron chi connectivity index (χ3n) is 4.75. The van der Waals surface area contributed by atoms with Crippen molar-refractivity contribution in [1.82, 2.24) is 14.9 Å². The highest BCUT2D eigenvalue weighted by Crippen LogP contribution is 2.24. The van der Waals surface area contributed by atoms with Gasteiger partial charge in [0.15, 0.2) is 0 Å². The van der Waals surface area contributed by atoms with Crippen LogP contribution in [0, 0.1) is 0 Å². The maximum Gasteiger partial charge on any atom is 0.253 e. The van der Waals surface area contributed by atoms with Gasteiger partial charge in [-0.1, -0.05) is 54.1 Å². The normalized spacial score (nSPS) is 10.9. The van der Waals surface area contributed by atoms with Crippen molar-refractivity contribution < 1.29 is 4.79 Å². The molecule has 28 heavy (non-hydrogen) atoms. The second kappa shape index (κ2) is 8.28. The second-order valence-electron chi connectivity index (χ2n) is 6.65. The third kappa shape index (κ3) is 3.92. The number of halogens is 1. The number of hydrogen-bond donors (Lipinski definition) is 1. The molecule has 0 saturated carbocycles. The summed E-state index contributed by atoms with van der Waals surface area (Å²) in [7, 11) is 0. The average Bonchev–Trinajstić information content (AvgIpc) is 3.09. The molecule has 0 atom stereocenters. The molecule has 0 unspecified atom stereocenters. The fourth-order valence-corrected chi connectivity index (χ4v) is 3.53. The summed E-state index contributed by atoms with van der Waals surface area (Å²) in [6, 6.07) is 19.6. The lowest BCUT2D eigenvalue weighted by molar-refractivity contribution is 0.0955. The van der Waals surface area contributed by atoms with Crippen LogP contribution in [-0.4, -0.2) is 22.0 Å². The van der Waals surface area contributed by atoms with Crippen molar-refractivity contribution in [3.05, 3.63) is 101 Å². The van der Waals surface area contributed by atoms with Gasteiger partial charge in [-0.2, -0.15) is 0 Å². The van der Waals surface area contributed by atoms with Crippen LogP contribution in [0.1, 0.15) is 21.5 Å². The molecule has 2 aromatic heterocycles. The zero-order valence-corrected chi connectivity index (χ0v) is 16.1. The second-order valence-corrected chi connectivity index (χ2v) is 7.05. The van der Waals surface area contributed by atoms with Crippen molar-refractivity contribution in [3.8, 4) is 0 Å². The first kappa shape index (κ1) is 18.3. The first-order valence-corrected chi connectivity index (χ1v) is 9.58. The summed E-state index contributed by atoms with van der Waals surface area (Å²) < 4.78 is 2.08. The minimum Gasteiger partial charge on any atom is -0.352 e. The highest BCUT2D eigenvalue weighted by Gasteiger charge is 2.15. The molecule has 4 aromatic rings. The van der Waals surface area contributed by atoms with Crippen LogP contribution in [0.2, 0.25) is 5.02 Å². The van der Waals surface area contributed by atoms with Crippen molar-refractivity contribution >= 4 is 28.4 Å². The van der Waals surface area contributed by atoms with E-state index < -0.39 is 0 Å². The molecule has 2 heterocycles. The largest absolute Gasteiger partial charge is 0.352 e. The number of nitrogens with zero attached hydrogens (tertiary/aromatic N) is 2. The topological polar surface area (TPSA) is 46.9 Å². The molecule has 5 heteroatoms. The predicted molar refractivity (Wildman–Crippen MR) is 113 cm³/mol. The van der Waals surface area contributed by atoms with Gasteiger partial charge in [-0.15, -0.1) is 0 Å². The van der Waals surface area contributed by atoms with Gasteiger partial charge in [0.25, 0.3) is 5.91 Å². The van der Waals surface area contributed by atoms with Crippen molar-refractivity contribution in [1.29, 1.82) is 0 Å². The van der Waals surface area contributed by atoms with Gasteiger partial charge in [0, 0.05) is 47.6 Å². The summed E-state index contributed by atoms with van der Waals surface area (Å²) in [4.78, 5) is 16.9. The summed E-state index contributed by atoms with van der Waals surface area (Å²) >= 11 is 6.32. The average molecular weight is 390 g/mol. The van der Waals surface area contributed by atoms with Crippen LogP contribution in [0.25, 0.3) is 10.9 Å². The van der Waals surface area contributed by atoms with E-state index in [4.69, 9.17) is 11.6 Å². The molecular formula is C23H20ClN3O. The Morgan fingerprint density at radius 2 is 1.86 bits per heavy atom. The van der Waals surface area contributed by atoms with E-state index in [1.165, 1.54) is 0 Å². The van der Waals surface area contributed by atoms with E-state index in [9.17, 15) is 4.79 Å². The summed E-state index contributed by atoms with van der Waals surface area (Å²) in [5.74, 6) is -0.0713. The van der Waals surface area contributed by atoms with Gasteiger partial charge in [-0.05, 0) is 35.7 Å². The van der Waals surface area contributed by atoms with Gasteiger partial charge in [-0.3, -0.25) is 9.78 Å². The summed E-state index contributed by atoms with van der Waals surface area (Å²) in [5, 5.41) is 4.69. The maximum atomic E-state index is 12.8. The van der Waals surface area contributed by atoms with E-state index in [0.717, 1.165) is 33.5 Å². The van der Waals surface area contributed by atoms with Crippen LogP contribution in [0.4, 0.5) is 0 Å². The molecule has 0 spiro atoms. The number of para-hydroxylation sites is 1. The molecule has 140 valence electrons. The Morgan fingerprint density at radius 3 is 2.68 bits per heavy atom. The van der Waals surface area contributed by atoms with Crippen molar-refractivity contribution in [3.63, 3.8) is 0 Å². The van der Waals surface area contributed by atoms with Gasteiger partial charge in [0.05, 0.1) is 5.56 Å². The fraction of sp³-hybridized carbons (Fsp3) is 0.130. The number of pyridine rings is 1. The van der Waals surface area contributed by atoms with E-state index in [2.05, 4.69) is 14.9 Å². The molecule has 4 nitrogen and oxygen atoms in total. The Labute approximate surface area is 168 Å². The Balaban J connectivity index is 1.55. The molecule has 0 aliphatic heterocycles. The number of carbonyl (C=O) groups excluding carboxylic acids is 1. The molecule has 0 aliphatic rings. The van der Waals surface area contributed by atoms with Crippen LogP contribution in [0.15, 0.2) is 79.3 Å². The SMILES string of the molecule is O=C(NCCc1cccnc1)c1cn(Cc2ccccc2Cl)c2ccccc12. The lowest BCUT2D eigenvalue weighted by atomic mass is 10.1. The predicted octanol–water partition coefficient (Wildman–Crippen LogP) is 4.71. The number of fused-ring (bicyclic) bond motifs is 1. The lowest BCUT2D eigenvalue weighted by Crippen LogP contribution is -2.25. The number of rotatable bonds is 6. The number of amides is 1. The monoisotopic (exact) mass is 389 g/mol. The van der Waals surface area contributed by atoms with E-state index >= 15 is 0 Å². The number of carbonyl (C=O) groups is 1. The first-order chi connectivity index (χ1) is 13.7. The quantitative estimate of drug-likeness (QED) is 0.519. The van der Waals surface area contributed by atoms with E-state index in [0.29, 0.717) is 18.7 Å². The minimum atomic E-state index is -0.0713. The smallest absolute Gasteiger partial charge is 0.253 e. The van der Waals surface area contributed by atoms with Gasteiger partial charge < -0.3 is 9.88 Å². The Morgan fingerprint density at radius 1 is 1.04 bits per heavy atom. The van der Waals surface area contributed by atoms with Crippen molar-refractivity contribution in [2.75, 3.05) is 6.54 Å². The molecule has 4 rings (SSSR count). The number of benzene rings is 2. The Bertz CT molecular complexity index is 1110. The zero-order chi connectivity index (χ0) is 19.3. The summed E-state index contributed by atoms with van der Waals surface area (Å²) in [6.07, 6.45) is 6.23. The number of nitrogens with one attached hydrogen (secondary N) is 1. The van der Waals surface area contributed by atoms with E-state index in [-0.39, 0.29) is 5.91 Å². The van der Waals surface area contributed by atoms with Gasteiger partial charge in [0.2, 0.25) is 0 Å². The van der Waals surface area contributed by atoms with Gasteiger partial charge in [0.1, 0.15) is 0 Å². The fourth-order valence-electron chi connectivity index (χ4n) is 3.33. The zero-order valence-electron chi connectivity index (χ0n) is 15.3. The molecule has 0 aliphatic carbocycles. The molecular weight excluding hydrogens is 370 g/mol. The summed E-state index contributed by atoms with van der Waals surface area (Å²) in [6.45, 7) is 1.18. The van der Waals surface area contributed by atoms with Gasteiger partial charge >= 0.3 is 0 Å². The highest BCUT2D eigenvalue weighted by atomic mass is 35.5. The molecule has 0 saturated heterocycles. The standard InChI is InChI=1S/C23H20ClN3O/c24-21-9-3-1-7-18(21)15-27-16-20(19-8-2-4-10-22(19)27)23(28)26-13-11-17-6-5-12-25-14-17/h1-10,12,14,16H,11,13,15H2,(H,26,28).